The van der Waals surface area contributed by atoms with Crippen LogP contribution in [0.4, 0.5) is 5.69 Å². The van der Waals surface area contributed by atoms with E-state index in [9.17, 15) is 0 Å². The molecule has 158 valence electrons. The molecule has 5 rings (SSSR count). The van der Waals surface area contributed by atoms with E-state index in [0.29, 0.717) is 0 Å². The number of fused-ring (bicyclic) bond motifs is 1. The number of methoxy groups -OCH3 is 1. The van der Waals surface area contributed by atoms with Gasteiger partial charge in [-0.25, -0.2) is 9.50 Å². The Morgan fingerprint density at radius 2 is 1.68 bits per heavy atom. The summed E-state index contributed by atoms with van der Waals surface area (Å²) in [5, 5.41) is 8.20. The van der Waals surface area contributed by atoms with Gasteiger partial charge in [-0.1, -0.05) is 18.2 Å². The monoisotopic (exact) mass is 413 g/mol. The van der Waals surface area contributed by atoms with Crippen LogP contribution >= 0.6 is 0 Å². The van der Waals surface area contributed by atoms with E-state index in [1.165, 1.54) is 11.3 Å². The summed E-state index contributed by atoms with van der Waals surface area (Å²) in [5.74, 6) is 1.71. The van der Waals surface area contributed by atoms with Gasteiger partial charge in [0.1, 0.15) is 5.75 Å². The first-order valence-electron chi connectivity index (χ1n) is 10.8. The summed E-state index contributed by atoms with van der Waals surface area (Å²) in [6.07, 6.45) is 1.74. The van der Waals surface area contributed by atoms with Crippen LogP contribution < -0.4 is 15.0 Å². The third-order valence-corrected chi connectivity index (χ3v) is 5.85. The van der Waals surface area contributed by atoms with E-state index in [1.807, 2.05) is 28.8 Å². The molecule has 0 saturated carbocycles. The largest absolute Gasteiger partial charge is 0.497 e. The van der Waals surface area contributed by atoms with E-state index >= 15 is 0 Å². The Morgan fingerprint density at radius 1 is 0.903 bits per heavy atom. The van der Waals surface area contributed by atoms with Crippen LogP contribution in [0.25, 0.3) is 16.9 Å². The van der Waals surface area contributed by atoms with E-state index in [-0.39, 0.29) is 0 Å². The Kier molecular flexibility index (Phi) is 5.54. The highest BCUT2D eigenvalue weighted by Gasteiger charge is 2.11. The Balaban J connectivity index is 1.30. The third-order valence-electron chi connectivity index (χ3n) is 5.85. The smallest absolute Gasteiger partial charge is 0.156 e. The van der Waals surface area contributed by atoms with Crippen molar-refractivity contribution in [2.45, 2.75) is 12.8 Å². The molecule has 1 N–H and O–H groups in total. The van der Waals surface area contributed by atoms with Crippen LogP contribution in [-0.2, 0) is 12.8 Å². The van der Waals surface area contributed by atoms with Crippen LogP contribution in [0.3, 0.4) is 0 Å². The molecule has 1 aliphatic rings. The Morgan fingerprint density at radius 3 is 2.42 bits per heavy atom. The zero-order chi connectivity index (χ0) is 21.0. The lowest BCUT2D eigenvalue weighted by molar-refractivity contribution is 0.415. The highest BCUT2D eigenvalue weighted by atomic mass is 16.5. The lowest BCUT2D eigenvalue weighted by Crippen LogP contribution is -2.43. The molecule has 2 aromatic carbocycles. The second-order valence-corrected chi connectivity index (χ2v) is 7.84. The van der Waals surface area contributed by atoms with Crippen molar-refractivity contribution in [3.63, 3.8) is 0 Å². The minimum absolute atomic E-state index is 0.816. The normalized spacial score (nSPS) is 14.2. The van der Waals surface area contributed by atoms with Crippen LogP contribution in [0.5, 0.6) is 5.75 Å². The average molecular weight is 414 g/mol. The van der Waals surface area contributed by atoms with Gasteiger partial charge in [-0.2, -0.15) is 5.10 Å². The zero-order valence-electron chi connectivity index (χ0n) is 17.8. The fourth-order valence-electron chi connectivity index (χ4n) is 4.09. The van der Waals surface area contributed by atoms with Crippen molar-refractivity contribution in [3.05, 3.63) is 78.1 Å². The first-order valence-corrected chi connectivity index (χ1v) is 10.8. The van der Waals surface area contributed by atoms with Crippen molar-refractivity contribution in [2.75, 3.05) is 38.2 Å². The van der Waals surface area contributed by atoms with Gasteiger partial charge in [0.05, 0.1) is 12.8 Å². The summed E-state index contributed by atoms with van der Waals surface area (Å²) in [4.78, 5) is 7.19. The molecule has 3 heterocycles. The maximum atomic E-state index is 5.27. The van der Waals surface area contributed by atoms with Crippen LogP contribution in [0.1, 0.15) is 11.4 Å². The molecule has 6 heteroatoms. The minimum atomic E-state index is 0.816. The number of benzene rings is 2. The molecule has 0 amide bonds. The van der Waals surface area contributed by atoms with Crippen LogP contribution in [0.15, 0.2) is 66.7 Å². The van der Waals surface area contributed by atoms with Crippen LogP contribution in [0, 0.1) is 0 Å². The van der Waals surface area contributed by atoms with Crippen molar-refractivity contribution < 1.29 is 4.74 Å². The molecule has 1 saturated heterocycles. The second kappa shape index (κ2) is 8.78. The van der Waals surface area contributed by atoms with Crippen molar-refractivity contribution in [1.29, 1.82) is 0 Å². The Bertz CT molecular complexity index is 1140. The highest BCUT2D eigenvalue weighted by molar-refractivity contribution is 5.63. The summed E-state index contributed by atoms with van der Waals surface area (Å²) in [6.45, 7) is 4.25. The minimum Gasteiger partial charge on any atom is -0.497 e. The number of piperazine rings is 1. The predicted octanol–water partition coefficient (Wildman–Crippen LogP) is 3.60. The van der Waals surface area contributed by atoms with E-state index in [1.54, 1.807) is 7.11 Å². The molecule has 0 aliphatic carbocycles. The quantitative estimate of drug-likeness (QED) is 0.523. The molecule has 0 atom stereocenters. The van der Waals surface area contributed by atoms with Crippen LogP contribution in [0.2, 0.25) is 0 Å². The molecular formula is C25H27N5O. The van der Waals surface area contributed by atoms with Gasteiger partial charge in [0, 0.05) is 43.9 Å². The zero-order valence-corrected chi connectivity index (χ0v) is 17.8. The number of hydrogen-bond acceptors (Lipinski definition) is 5. The van der Waals surface area contributed by atoms with Gasteiger partial charge < -0.3 is 15.0 Å². The predicted molar refractivity (Wildman–Crippen MR) is 124 cm³/mol. The molecule has 31 heavy (non-hydrogen) atoms. The molecular weight excluding hydrogens is 386 g/mol. The van der Waals surface area contributed by atoms with Crippen molar-refractivity contribution >= 4 is 11.3 Å². The molecule has 4 aromatic rings. The van der Waals surface area contributed by atoms with Gasteiger partial charge >= 0.3 is 0 Å². The van der Waals surface area contributed by atoms with E-state index in [2.05, 4.69) is 52.7 Å². The molecule has 0 unspecified atom stereocenters. The summed E-state index contributed by atoms with van der Waals surface area (Å²) < 4.78 is 7.21. The Labute approximate surface area is 182 Å². The number of ether oxygens (including phenoxy) is 1. The van der Waals surface area contributed by atoms with Gasteiger partial charge in [-0.3, -0.25) is 0 Å². The van der Waals surface area contributed by atoms with E-state index in [0.717, 1.165) is 67.5 Å². The average Bonchev–Trinajstić information content (AvgIpc) is 3.27. The van der Waals surface area contributed by atoms with Crippen molar-refractivity contribution in [3.8, 4) is 17.0 Å². The van der Waals surface area contributed by atoms with Gasteiger partial charge in [0.2, 0.25) is 0 Å². The summed E-state index contributed by atoms with van der Waals surface area (Å²) >= 11 is 0. The number of aromatic nitrogens is 3. The molecule has 6 nitrogen and oxygen atoms in total. The lowest BCUT2D eigenvalue weighted by atomic mass is 10.1. The first-order chi connectivity index (χ1) is 15.3. The maximum absolute atomic E-state index is 5.27. The maximum Gasteiger partial charge on any atom is 0.156 e. The number of rotatable bonds is 6. The SMILES string of the molecule is COc1ccc(-c2cccc3nc(CCc4ccc(N5CCNCC5)cc4)nn23)cc1. The number of nitrogens with zero attached hydrogens (tertiary/aromatic N) is 4. The van der Waals surface area contributed by atoms with Gasteiger partial charge in [-0.15, -0.1) is 0 Å². The summed E-state index contributed by atoms with van der Waals surface area (Å²) in [7, 11) is 1.68. The third kappa shape index (κ3) is 4.25. The van der Waals surface area contributed by atoms with Crippen LogP contribution in [-0.4, -0.2) is 47.9 Å². The van der Waals surface area contributed by atoms with Gasteiger partial charge in [0.25, 0.3) is 0 Å². The first kappa shape index (κ1) is 19.6. The highest BCUT2D eigenvalue weighted by Crippen LogP contribution is 2.23. The molecule has 1 aliphatic heterocycles. The number of pyridine rings is 1. The number of anilines is 1. The molecule has 0 bridgehead atoms. The fourth-order valence-corrected chi connectivity index (χ4v) is 4.09. The summed E-state index contributed by atoms with van der Waals surface area (Å²) in [5.41, 5.74) is 5.61. The van der Waals surface area contributed by atoms with Crippen molar-refractivity contribution in [2.24, 2.45) is 0 Å². The van der Waals surface area contributed by atoms with Gasteiger partial charge in [-0.05, 0) is 60.5 Å². The lowest BCUT2D eigenvalue weighted by Gasteiger charge is -2.29. The fraction of sp³-hybridized carbons (Fsp3) is 0.280. The Hall–Kier alpha value is -3.38. The van der Waals surface area contributed by atoms with E-state index < -0.39 is 0 Å². The standard InChI is InChI=1S/C25H27N5O/c1-31-22-12-8-20(9-13-22)23-3-2-4-25-27-24(28-30(23)25)14-7-19-5-10-21(11-6-19)29-17-15-26-16-18-29/h2-6,8-13,26H,7,14-18H2,1H3. The van der Waals surface area contributed by atoms with Crippen molar-refractivity contribution in [1.82, 2.24) is 19.9 Å². The molecule has 1 fully saturated rings. The number of hydrogen-bond donors (Lipinski definition) is 1. The topological polar surface area (TPSA) is 54.7 Å². The number of nitrogens with one attached hydrogen (secondary N) is 1. The molecule has 0 radical (unpaired) electrons. The van der Waals surface area contributed by atoms with Gasteiger partial charge in [0.15, 0.2) is 11.5 Å². The van der Waals surface area contributed by atoms with E-state index in [4.69, 9.17) is 14.8 Å². The molecule has 2 aromatic heterocycles. The molecule has 0 spiro atoms. The second-order valence-electron chi connectivity index (χ2n) is 7.84. The summed E-state index contributed by atoms with van der Waals surface area (Å²) in [6, 6.07) is 23.1. The number of aryl methyl sites for hydroxylation is 2.